The van der Waals surface area contributed by atoms with Crippen molar-refractivity contribution < 1.29 is 19.2 Å². The first-order valence-electron chi connectivity index (χ1n) is 4.82. The van der Waals surface area contributed by atoms with Gasteiger partial charge in [0.1, 0.15) is 6.04 Å². The molecule has 0 saturated carbocycles. The molecule has 0 spiro atoms. The average Bonchev–Trinajstić information content (AvgIpc) is 2.12. The van der Waals surface area contributed by atoms with Crippen molar-refractivity contribution in [1.82, 2.24) is 10.2 Å². The van der Waals surface area contributed by atoms with Gasteiger partial charge in [0.2, 0.25) is 23.6 Å². The molecule has 0 aromatic rings. The number of carbonyl (C=O) groups is 4. The van der Waals surface area contributed by atoms with E-state index in [2.05, 4.69) is 5.32 Å². The molecular weight excluding hydrogens is 228 g/mol. The normalized spacial score (nSPS) is 11.4. The van der Waals surface area contributed by atoms with E-state index < -0.39 is 29.7 Å². The van der Waals surface area contributed by atoms with Crippen LogP contribution in [0.4, 0.5) is 0 Å². The van der Waals surface area contributed by atoms with Crippen LogP contribution >= 0.6 is 0 Å². The third-order valence-electron chi connectivity index (χ3n) is 1.85. The van der Waals surface area contributed by atoms with Crippen molar-refractivity contribution in [2.45, 2.75) is 19.4 Å². The van der Waals surface area contributed by atoms with Crippen LogP contribution in [0.5, 0.6) is 0 Å². The topological polar surface area (TPSA) is 136 Å². The maximum Gasteiger partial charge on any atom is 0.245 e. The van der Waals surface area contributed by atoms with Gasteiger partial charge in [0, 0.05) is 14.0 Å². The second-order valence-corrected chi connectivity index (χ2v) is 3.58. The molecule has 0 heterocycles. The molecule has 4 amide bonds. The Hall–Kier alpha value is -2.12. The van der Waals surface area contributed by atoms with Gasteiger partial charge in [-0.05, 0) is 0 Å². The van der Waals surface area contributed by atoms with Crippen LogP contribution in [0.15, 0.2) is 0 Å². The monoisotopic (exact) mass is 244 g/mol. The van der Waals surface area contributed by atoms with Crippen LogP contribution in [-0.4, -0.2) is 48.2 Å². The van der Waals surface area contributed by atoms with E-state index in [9.17, 15) is 19.2 Å². The van der Waals surface area contributed by atoms with Gasteiger partial charge in [0.25, 0.3) is 0 Å². The number of nitrogens with one attached hydrogen (secondary N) is 1. The summed E-state index contributed by atoms with van der Waals surface area (Å²) in [6.45, 7) is 0.906. The first kappa shape index (κ1) is 14.9. The standard InChI is InChI=1S/C9H16N4O4/c1-5(14)12-6(3-7(10)15)9(17)13(2)4-8(11)16/h6H,3-4H2,1-2H3,(H2,10,15)(H2,11,16)(H,12,14). The lowest BCUT2D eigenvalue weighted by atomic mass is 10.1. The van der Waals surface area contributed by atoms with Gasteiger partial charge in [-0.3, -0.25) is 19.2 Å². The van der Waals surface area contributed by atoms with Crippen LogP contribution < -0.4 is 16.8 Å². The third kappa shape index (κ3) is 6.13. The molecule has 8 nitrogen and oxygen atoms in total. The second kappa shape index (κ2) is 6.46. The highest BCUT2D eigenvalue weighted by molar-refractivity contribution is 5.92. The van der Waals surface area contributed by atoms with E-state index in [0.29, 0.717) is 0 Å². The minimum absolute atomic E-state index is 0.298. The van der Waals surface area contributed by atoms with Crippen LogP contribution in [0, 0.1) is 0 Å². The van der Waals surface area contributed by atoms with E-state index in [1.807, 2.05) is 0 Å². The van der Waals surface area contributed by atoms with Crippen molar-refractivity contribution >= 4 is 23.6 Å². The Balaban J connectivity index is 4.66. The fourth-order valence-electron chi connectivity index (χ4n) is 1.22. The van der Waals surface area contributed by atoms with Gasteiger partial charge < -0.3 is 21.7 Å². The van der Waals surface area contributed by atoms with E-state index in [1.165, 1.54) is 14.0 Å². The van der Waals surface area contributed by atoms with Gasteiger partial charge in [-0.1, -0.05) is 0 Å². The number of nitrogens with two attached hydrogens (primary N) is 2. The predicted octanol–water partition coefficient (Wildman–Crippen LogP) is -2.69. The molecular formula is C9H16N4O4. The summed E-state index contributed by atoms with van der Waals surface area (Å²) in [5.74, 6) is -2.50. The highest BCUT2D eigenvalue weighted by Gasteiger charge is 2.25. The smallest absolute Gasteiger partial charge is 0.245 e. The van der Waals surface area contributed by atoms with Crippen LogP contribution in [0.3, 0.4) is 0 Å². The van der Waals surface area contributed by atoms with Crippen LogP contribution in [0.1, 0.15) is 13.3 Å². The summed E-state index contributed by atoms with van der Waals surface area (Å²) >= 11 is 0. The maximum absolute atomic E-state index is 11.7. The molecule has 1 unspecified atom stereocenters. The number of hydrogen-bond donors (Lipinski definition) is 3. The quantitative estimate of drug-likeness (QED) is 0.468. The Morgan fingerprint density at radius 2 is 1.71 bits per heavy atom. The molecule has 0 bridgehead atoms. The number of amides is 4. The number of primary amides is 2. The minimum Gasteiger partial charge on any atom is -0.370 e. The zero-order valence-corrected chi connectivity index (χ0v) is 9.73. The molecule has 5 N–H and O–H groups in total. The lowest BCUT2D eigenvalue weighted by Crippen LogP contribution is -2.50. The maximum atomic E-state index is 11.7. The molecule has 0 saturated heterocycles. The van der Waals surface area contributed by atoms with E-state index in [1.54, 1.807) is 0 Å². The minimum atomic E-state index is -1.07. The predicted molar refractivity (Wildman–Crippen MR) is 58.2 cm³/mol. The van der Waals surface area contributed by atoms with Crippen LogP contribution in [0.2, 0.25) is 0 Å². The van der Waals surface area contributed by atoms with Gasteiger partial charge >= 0.3 is 0 Å². The number of rotatable bonds is 6. The zero-order chi connectivity index (χ0) is 13.6. The highest BCUT2D eigenvalue weighted by atomic mass is 16.2. The first-order valence-corrected chi connectivity index (χ1v) is 4.82. The largest absolute Gasteiger partial charge is 0.370 e. The molecule has 1 atom stereocenters. The first-order chi connectivity index (χ1) is 7.73. The van der Waals surface area contributed by atoms with Gasteiger partial charge in [-0.2, -0.15) is 0 Å². The number of nitrogens with zero attached hydrogens (tertiary/aromatic N) is 1. The molecule has 0 aromatic heterocycles. The molecule has 0 aliphatic rings. The number of carbonyl (C=O) groups excluding carboxylic acids is 4. The highest BCUT2D eigenvalue weighted by Crippen LogP contribution is 1.98. The summed E-state index contributed by atoms with van der Waals surface area (Å²) in [4.78, 5) is 45.0. The van der Waals surface area contributed by atoms with E-state index in [-0.39, 0.29) is 13.0 Å². The van der Waals surface area contributed by atoms with Crippen molar-refractivity contribution in [2.24, 2.45) is 11.5 Å². The van der Waals surface area contributed by atoms with Crippen LogP contribution in [0.25, 0.3) is 0 Å². The third-order valence-corrected chi connectivity index (χ3v) is 1.85. The lowest BCUT2D eigenvalue weighted by molar-refractivity contribution is -0.138. The Morgan fingerprint density at radius 1 is 1.18 bits per heavy atom. The van der Waals surface area contributed by atoms with Gasteiger partial charge in [0.15, 0.2) is 0 Å². The van der Waals surface area contributed by atoms with Crippen molar-refractivity contribution in [2.75, 3.05) is 13.6 Å². The molecule has 96 valence electrons. The number of likely N-dealkylation sites (N-methyl/N-ethyl adjacent to an activating group) is 1. The summed E-state index contributed by atoms with van der Waals surface area (Å²) in [6.07, 6.45) is -0.332. The summed E-state index contributed by atoms with van der Waals surface area (Å²) < 4.78 is 0. The molecule has 0 aromatic carbocycles. The van der Waals surface area contributed by atoms with E-state index in [4.69, 9.17) is 11.5 Å². The fraction of sp³-hybridized carbons (Fsp3) is 0.556. The van der Waals surface area contributed by atoms with Crippen LogP contribution in [-0.2, 0) is 19.2 Å². The zero-order valence-electron chi connectivity index (χ0n) is 9.73. The molecule has 0 fully saturated rings. The van der Waals surface area contributed by atoms with Crippen molar-refractivity contribution in [3.8, 4) is 0 Å². The van der Waals surface area contributed by atoms with Gasteiger partial charge in [-0.15, -0.1) is 0 Å². The second-order valence-electron chi connectivity index (χ2n) is 3.58. The molecule has 0 rings (SSSR count). The molecule has 17 heavy (non-hydrogen) atoms. The summed E-state index contributed by atoms with van der Waals surface area (Å²) in [7, 11) is 1.34. The SMILES string of the molecule is CC(=O)NC(CC(N)=O)C(=O)N(C)CC(N)=O. The van der Waals surface area contributed by atoms with Crippen molar-refractivity contribution in [3.05, 3.63) is 0 Å². The summed E-state index contributed by atoms with van der Waals surface area (Å²) in [5.41, 5.74) is 9.88. The molecule has 0 radical (unpaired) electrons. The van der Waals surface area contributed by atoms with E-state index in [0.717, 1.165) is 4.90 Å². The van der Waals surface area contributed by atoms with Crippen molar-refractivity contribution in [3.63, 3.8) is 0 Å². The lowest BCUT2D eigenvalue weighted by Gasteiger charge is -2.22. The summed E-state index contributed by atoms with van der Waals surface area (Å²) in [5, 5.41) is 2.28. The molecule has 0 aliphatic carbocycles. The Kier molecular flexibility index (Phi) is 5.65. The van der Waals surface area contributed by atoms with Gasteiger partial charge in [-0.25, -0.2) is 0 Å². The van der Waals surface area contributed by atoms with Crippen molar-refractivity contribution in [1.29, 1.82) is 0 Å². The molecule has 8 heteroatoms. The summed E-state index contributed by atoms with van der Waals surface area (Å²) in [6, 6.07) is -1.07. The van der Waals surface area contributed by atoms with Gasteiger partial charge in [0.05, 0.1) is 13.0 Å². The Bertz CT molecular complexity index is 326. The molecule has 0 aliphatic heterocycles. The Morgan fingerprint density at radius 3 is 2.06 bits per heavy atom. The Labute approximate surface area is 98.3 Å². The number of hydrogen-bond acceptors (Lipinski definition) is 4. The fourth-order valence-corrected chi connectivity index (χ4v) is 1.22. The van der Waals surface area contributed by atoms with E-state index >= 15 is 0 Å². The average molecular weight is 244 g/mol.